The number of aliphatic imine (C=N–C) groups is 1. The van der Waals surface area contributed by atoms with Crippen LogP contribution in [0.5, 0.6) is 0 Å². The molecule has 0 spiro atoms. The lowest BCUT2D eigenvalue weighted by molar-refractivity contribution is 0.627. The highest BCUT2D eigenvalue weighted by Gasteiger charge is 2.03. The molecule has 22 heavy (non-hydrogen) atoms. The lowest BCUT2D eigenvalue weighted by Crippen LogP contribution is -2.36. The predicted molar refractivity (Wildman–Crippen MR) is 98.1 cm³/mol. The third-order valence-electron chi connectivity index (χ3n) is 2.83. The number of benzene rings is 1. The van der Waals surface area contributed by atoms with Gasteiger partial charge in [-0.1, -0.05) is 23.7 Å². The quantitative estimate of drug-likeness (QED) is 0.441. The maximum absolute atomic E-state index is 13.1. The summed E-state index contributed by atoms with van der Waals surface area (Å²) in [6, 6.07) is 10.4. The van der Waals surface area contributed by atoms with Crippen molar-refractivity contribution in [2.45, 2.75) is 13.1 Å². The van der Waals surface area contributed by atoms with Crippen molar-refractivity contribution >= 4 is 41.5 Å². The molecule has 0 radical (unpaired) electrons. The van der Waals surface area contributed by atoms with Crippen molar-refractivity contribution in [1.82, 2.24) is 15.6 Å². The molecular weight excluding hydrogens is 418 g/mol. The fraction of sp³-hybridized carbons (Fsp3) is 0.200. The van der Waals surface area contributed by atoms with E-state index >= 15 is 0 Å². The monoisotopic (exact) mass is 434 g/mol. The Balaban J connectivity index is 0.00000242. The fourth-order valence-electron chi connectivity index (χ4n) is 1.73. The third kappa shape index (κ3) is 5.76. The lowest BCUT2D eigenvalue weighted by atomic mass is 10.2. The largest absolute Gasteiger partial charge is 0.352 e. The van der Waals surface area contributed by atoms with Crippen molar-refractivity contribution in [3.8, 4) is 0 Å². The second-order valence-corrected chi connectivity index (χ2v) is 4.76. The Morgan fingerprint density at radius 3 is 2.64 bits per heavy atom. The number of hydrogen-bond acceptors (Lipinski definition) is 2. The van der Waals surface area contributed by atoms with E-state index in [0.29, 0.717) is 19.0 Å². The van der Waals surface area contributed by atoms with Crippen LogP contribution >= 0.6 is 35.6 Å². The van der Waals surface area contributed by atoms with Crippen LogP contribution in [0.3, 0.4) is 0 Å². The molecular formula is C15H17ClFIN4. The van der Waals surface area contributed by atoms with E-state index < -0.39 is 5.82 Å². The second-order valence-electron chi connectivity index (χ2n) is 4.35. The molecule has 1 aromatic heterocycles. The number of nitrogens with zero attached hydrogens (tertiary/aromatic N) is 2. The number of hydrogen-bond donors (Lipinski definition) is 2. The molecule has 2 aromatic rings. The maximum atomic E-state index is 13.1. The van der Waals surface area contributed by atoms with Crippen molar-refractivity contribution < 1.29 is 4.39 Å². The van der Waals surface area contributed by atoms with Gasteiger partial charge in [0, 0.05) is 19.8 Å². The maximum Gasteiger partial charge on any atom is 0.191 e. The molecule has 0 aliphatic rings. The highest BCUT2D eigenvalue weighted by atomic mass is 127. The first kappa shape index (κ1) is 18.6. The molecule has 0 aliphatic heterocycles. The SMILES string of the molecule is CN=C(NCc1ccc(F)c(Cl)c1)NCc1ccccn1.I. The molecule has 2 rings (SSSR count). The summed E-state index contributed by atoms with van der Waals surface area (Å²) in [4.78, 5) is 8.34. The second kappa shape index (κ2) is 9.58. The van der Waals surface area contributed by atoms with Crippen molar-refractivity contribution in [1.29, 1.82) is 0 Å². The standard InChI is InChI=1S/C15H16ClFN4.HI/c1-18-15(21-10-12-4-2-3-7-19-12)20-9-11-5-6-14(17)13(16)8-11;/h2-8H,9-10H2,1H3,(H2,18,20,21);1H. The van der Waals surface area contributed by atoms with Crippen molar-refractivity contribution in [2.24, 2.45) is 4.99 Å². The molecule has 0 bridgehead atoms. The molecule has 7 heteroatoms. The van der Waals surface area contributed by atoms with Crippen LogP contribution in [0.1, 0.15) is 11.3 Å². The molecule has 4 nitrogen and oxygen atoms in total. The van der Waals surface area contributed by atoms with Crippen LogP contribution in [0, 0.1) is 5.82 Å². The Labute approximate surface area is 151 Å². The van der Waals surface area contributed by atoms with Crippen molar-refractivity contribution in [3.05, 3.63) is 64.7 Å². The van der Waals surface area contributed by atoms with Gasteiger partial charge in [-0.15, -0.1) is 24.0 Å². The number of pyridine rings is 1. The van der Waals surface area contributed by atoms with E-state index in [1.165, 1.54) is 6.07 Å². The zero-order valence-corrected chi connectivity index (χ0v) is 15.1. The first-order chi connectivity index (χ1) is 10.2. The Hall–Kier alpha value is -1.41. The van der Waals surface area contributed by atoms with E-state index in [2.05, 4.69) is 20.6 Å². The van der Waals surface area contributed by atoms with E-state index in [0.717, 1.165) is 11.3 Å². The minimum Gasteiger partial charge on any atom is -0.352 e. The smallest absolute Gasteiger partial charge is 0.191 e. The van der Waals surface area contributed by atoms with E-state index in [-0.39, 0.29) is 29.0 Å². The van der Waals surface area contributed by atoms with Crippen LogP contribution in [-0.4, -0.2) is 18.0 Å². The fourth-order valence-corrected chi connectivity index (χ4v) is 1.94. The van der Waals surface area contributed by atoms with Crippen molar-refractivity contribution in [2.75, 3.05) is 7.05 Å². The Kier molecular flexibility index (Phi) is 8.11. The number of aromatic nitrogens is 1. The summed E-state index contributed by atoms with van der Waals surface area (Å²) >= 11 is 5.75. The highest BCUT2D eigenvalue weighted by Crippen LogP contribution is 2.15. The first-order valence-corrected chi connectivity index (χ1v) is 6.85. The Morgan fingerprint density at radius 1 is 1.23 bits per heavy atom. The third-order valence-corrected chi connectivity index (χ3v) is 3.12. The molecule has 2 N–H and O–H groups in total. The minimum absolute atomic E-state index is 0. The molecule has 0 saturated carbocycles. The average molecular weight is 435 g/mol. The zero-order chi connectivity index (χ0) is 15.1. The van der Waals surface area contributed by atoms with Gasteiger partial charge in [-0.25, -0.2) is 4.39 Å². The van der Waals surface area contributed by atoms with E-state index in [9.17, 15) is 4.39 Å². The van der Waals surface area contributed by atoms with Gasteiger partial charge >= 0.3 is 0 Å². The van der Waals surface area contributed by atoms with Crippen LogP contribution in [-0.2, 0) is 13.1 Å². The van der Waals surface area contributed by atoms with Crippen LogP contribution < -0.4 is 10.6 Å². The molecule has 1 heterocycles. The lowest BCUT2D eigenvalue weighted by Gasteiger charge is -2.12. The topological polar surface area (TPSA) is 49.3 Å². The van der Waals surface area contributed by atoms with Crippen LogP contribution in [0.2, 0.25) is 5.02 Å². The van der Waals surface area contributed by atoms with Crippen LogP contribution in [0.25, 0.3) is 0 Å². The Bertz CT molecular complexity index is 622. The zero-order valence-electron chi connectivity index (χ0n) is 12.0. The van der Waals surface area contributed by atoms with Gasteiger partial charge in [0.1, 0.15) is 5.82 Å². The molecule has 0 unspecified atom stereocenters. The first-order valence-electron chi connectivity index (χ1n) is 6.47. The van der Waals surface area contributed by atoms with Gasteiger partial charge in [0.25, 0.3) is 0 Å². The molecule has 0 aliphatic carbocycles. The molecule has 1 aromatic carbocycles. The predicted octanol–water partition coefficient (Wildman–Crippen LogP) is 3.36. The molecule has 0 saturated heterocycles. The number of rotatable bonds is 4. The van der Waals surface area contributed by atoms with Gasteiger partial charge in [0.05, 0.1) is 17.3 Å². The summed E-state index contributed by atoms with van der Waals surface area (Å²) < 4.78 is 13.1. The van der Waals surface area contributed by atoms with E-state index in [1.807, 2.05) is 18.2 Å². The van der Waals surface area contributed by atoms with Gasteiger partial charge in [0.15, 0.2) is 5.96 Å². The summed E-state index contributed by atoms with van der Waals surface area (Å²) in [5.41, 5.74) is 1.80. The molecule has 0 atom stereocenters. The molecule has 0 amide bonds. The summed E-state index contributed by atoms with van der Waals surface area (Å²) in [5, 5.41) is 6.40. The van der Waals surface area contributed by atoms with Gasteiger partial charge < -0.3 is 10.6 Å². The van der Waals surface area contributed by atoms with E-state index in [1.54, 1.807) is 25.4 Å². The summed E-state index contributed by atoms with van der Waals surface area (Å²) in [6.45, 7) is 1.08. The highest BCUT2D eigenvalue weighted by molar-refractivity contribution is 14.0. The average Bonchev–Trinajstić information content (AvgIpc) is 2.52. The van der Waals surface area contributed by atoms with Gasteiger partial charge in [-0.3, -0.25) is 9.98 Å². The minimum atomic E-state index is -0.418. The molecule has 118 valence electrons. The number of guanidine groups is 1. The summed E-state index contributed by atoms with van der Waals surface area (Å²) in [7, 11) is 1.69. The number of halogens is 3. The summed E-state index contributed by atoms with van der Waals surface area (Å²) in [5.74, 6) is 0.221. The van der Waals surface area contributed by atoms with Gasteiger partial charge in [-0.05, 0) is 29.8 Å². The van der Waals surface area contributed by atoms with Crippen LogP contribution in [0.15, 0.2) is 47.6 Å². The molecule has 0 fully saturated rings. The van der Waals surface area contributed by atoms with Crippen LogP contribution in [0.4, 0.5) is 4.39 Å². The van der Waals surface area contributed by atoms with Gasteiger partial charge in [-0.2, -0.15) is 0 Å². The van der Waals surface area contributed by atoms with E-state index in [4.69, 9.17) is 11.6 Å². The Morgan fingerprint density at radius 2 is 2.00 bits per heavy atom. The normalized spacial score (nSPS) is 10.8. The summed E-state index contributed by atoms with van der Waals surface area (Å²) in [6.07, 6.45) is 1.74. The number of nitrogens with one attached hydrogen (secondary N) is 2. The van der Waals surface area contributed by atoms with Gasteiger partial charge in [0.2, 0.25) is 0 Å². The van der Waals surface area contributed by atoms with Crippen molar-refractivity contribution in [3.63, 3.8) is 0 Å².